The second-order valence-electron chi connectivity index (χ2n) is 7.41. The van der Waals surface area contributed by atoms with E-state index < -0.39 is 23.7 Å². The van der Waals surface area contributed by atoms with Gasteiger partial charge in [0.05, 0.1) is 11.6 Å². The number of benzene rings is 1. The Hall–Kier alpha value is -2.15. The van der Waals surface area contributed by atoms with E-state index in [-0.39, 0.29) is 11.5 Å². The van der Waals surface area contributed by atoms with Gasteiger partial charge in [0, 0.05) is 44.3 Å². The molecule has 0 saturated carbocycles. The summed E-state index contributed by atoms with van der Waals surface area (Å²) in [5, 5.41) is 9.33. The summed E-state index contributed by atoms with van der Waals surface area (Å²) in [6.07, 6.45) is 1.21. The van der Waals surface area contributed by atoms with Crippen LogP contribution in [0.1, 0.15) is 37.0 Å². The van der Waals surface area contributed by atoms with Crippen molar-refractivity contribution in [1.29, 1.82) is 0 Å². The lowest BCUT2D eigenvalue weighted by molar-refractivity contribution is -0.144. The molecule has 1 amide bonds. The highest BCUT2D eigenvalue weighted by Crippen LogP contribution is 2.27. The zero-order chi connectivity index (χ0) is 19.6. The minimum absolute atomic E-state index is 0.279. The first-order valence-corrected chi connectivity index (χ1v) is 9.73. The normalized spacial score (nSPS) is 24.1. The molecular formula is C20H28FN3O3. The van der Waals surface area contributed by atoms with E-state index in [1.807, 2.05) is 4.90 Å². The molecule has 0 spiro atoms. The number of rotatable bonds is 4. The van der Waals surface area contributed by atoms with Gasteiger partial charge in [-0.1, -0.05) is 6.92 Å². The summed E-state index contributed by atoms with van der Waals surface area (Å²) in [7, 11) is 0. The molecule has 3 rings (SSSR count). The van der Waals surface area contributed by atoms with E-state index in [0.717, 1.165) is 32.7 Å². The zero-order valence-electron chi connectivity index (χ0n) is 16.0. The van der Waals surface area contributed by atoms with Crippen LogP contribution in [0, 0.1) is 11.7 Å². The molecule has 2 aliphatic rings. The monoisotopic (exact) mass is 377 g/mol. The summed E-state index contributed by atoms with van der Waals surface area (Å²) in [5.74, 6) is -2.14. The highest BCUT2D eigenvalue weighted by Gasteiger charge is 2.35. The fourth-order valence-corrected chi connectivity index (χ4v) is 4.13. The molecule has 0 radical (unpaired) electrons. The smallest absolute Gasteiger partial charge is 0.308 e. The van der Waals surface area contributed by atoms with Crippen molar-refractivity contribution in [1.82, 2.24) is 9.80 Å². The Morgan fingerprint density at radius 2 is 1.89 bits per heavy atom. The Labute approximate surface area is 159 Å². The van der Waals surface area contributed by atoms with Crippen molar-refractivity contribution in [2.24, 2.45) is 5.92 Å². The van der Waals surface area contributed by atoms with Crippen molar-refractivity contribution in [2.45, 2.75) is 32.7 Å². The Bertz CT molecular complexity index is 704. The van der Waals surface area contributed by atoms with E-state index in [1.165, 1.54) is 6.07 Å². The lowest BCUT2D eigenvalue weighted by Crippen LogP contribution is -2.49. The lowest BCUT2D eigenvalue weighted by Gasteiger charge is -2.38. The number of anilines is 1. The molecule has 2 atom stereocenters. The average molecular weight is 377 g/mol. The number of halogens is 1. The molecule has 2 fully saturated rings. The van der Waals surface area contributed by atoms with E-state index in [4.69, 9.17) is 0 Å². The van der Waals surface area contributed by atoms with Crippen molar-refractivity contribution < 1.29 is 19.1 Å². The number of hydrogen-bond acceptors (Lipinski definition) is 4. The lowest BCUT2D eigenvalue weighted by atomic mass is 9.90. The number of carboxylic acids is 1. The Kier molecular flexibility index (Phi) is 5.99. The number of piperazine rings is 1. The summed E-state index contributed by atoms with van der Waals surface area (Å²) >= 11 is 0. The third kappa shape index (κ3) is 4.08. The first-order valence-electron chi connectivity index (χ1n) is 9.73. The summed E-state index contributed by atoms with van der Waals surface area (Å²) < 4.78 is 14.7. The molecule has 6 nitrogen and oxygen atoms in total. The maximum Gasteiger partial charge on any atom is 0.308 e. The minimum atomic E-state index is -0.882. The third-order valence-electron chi connectivity index (χ3n) is 5.92. The van der Waals surface area contributed by atoms with Crippen LogP contribution in [0.15, 0.2) is 18.2 Å². The van der Waals surface area contributed by atoms with Crippen LogP contribution in [0.2, 0.25) is 0 Å². The summed E-state index contributed by atoms with van der Waals surface area (Å²) in [6, 6.07) is 4.23. The quantitative estimate of drug-likeness (QED) is 0.872. The number of carbonyl (C=O) groups excluding carboxylic acids is 1. The van der Waals surface area contributed by atoms with Gasteiger partial charge >= 0.3 is 5.97 Å². The fourth-order valence-electron chi connectivity index (χ4n) is 4.13. The molecule has 1 aromatic carbocycles. The van der Waals surface area contributed by atoms with Crippen LogP contribution in [0.3, 0.4) is 0 Å². The number of aliphatic carboxylic acids is 1. The average Bonchev–Trinajstić information content (AvgIpc) is 2.67. The Morgan fingerprint density at radius 3 is 2.48 bits per heavy atom. The molecule has 0 unspecified atom stereocenters. The molecule has 7 heteroatoms. The highest BCUT2D eigenvalue weighted by molar-refractivity contribution is 5.95. The first-order chi connectivity index (χ1) is 12.9. The first kappa shape index (κ1) is 19.6. The summed E-state index contributed by atoms with van der Waals surface area (Å²) in [4.78, 5) is 30.1. The van der Waals surface area contributed by atoms with Crippen molar-refractivity contribution in [3.05, 3.63) is 29.6 Å². The van der Waals surface area contributed by atoms with Gasteiger partial charge in [-0.25, -0.2) is 4.39 Å². The van der Waals surface area contributed by atoms with Crippen LogP contribution in [0.4, 0.5) is 10.1 Å². The number of piperidine rings is 1. The predicted octanol–water partition coefficient (Wildman–Crippen LogP) is 2.29. The Balaban J connectivity index is 1.73. The molecule has 0 bridgehead atoms. The van der Waals surface area contributed by atoms with Gasteiger partial charge in [0.25, 0.3) is 5.91 Å². The van der Waals surface area contributed by atoms with Crippen molar-refractivity contribution in [2.75, 3.05) is 44.2 Å². The molecule has 1 N–H and O–H groups in total. The number of likely N-dealkylation sites (N-methyl/N-ethyl adjacent to an activating group) is 1. The van der Waals surface area contributed by atoms with Crippen molar-refractivity contribution in [3.63, 3.8) is 0 Å². The second kappa shape index (κ2) is 8.25. The molecule has 2 saturated heterocycles. The van der Waals surface area contributed by atoms with Crippen molar-refractivity contribution >= 4 is 17.6 Å². The molecule has 2 heterocycles. The van der Waals surface area contributed by atoms with E-state index in [1.54, 1.807) is 24.0 Å². The Morgan fingerprint density at radius 1 is 1.19 bits per heavy atom. The van der Waals surface area contributed by atoms with Crippen LogP contribution < -0.4 is 4.90 Å². The number of hydrogen-bond donors (Lipinski definition) is 1. The summed E-state index contributed by atoms with van der Waals surface area (Å²) in [6.45, 7) is 8.71. The molecule has 2 aliphatic heterocycles. The van der Waals surface area contributed by atoms with Crippen LogP contribution >= 0.6 is 0 Å². The van der Waals surface area contributed by atoms with Crippen LogP contribution in [0.5, 0.6) is 0 Å². The van der Waals surface area contributed by atoms with Gasteiger partial charge in [-0.3, -0.25) is 9.59 Å². The van der Waals surface area contributed by atoms with Crippen LogP contribution in [-0.2, 0) is 4.79 Å². The van der Waals surface area contributed by atoms with Crippen molar-refractivity contribution in [3.8, 4) is 0 Å². The standard InChI is InChI=1S/C20H28FN3O3/c1-3-22-9-11-23(12-10-22)18-7-6-15(13-17(18)21)19(25)24-8-4-5-16(14(24)2)20(26)27/h6-7,13-14,16H,3-5,8-12H2,1-2H3,(H,26,27)/t14-,16-/m0/s1. The topological polar surface area (TPSA) is 64.1 Å². The number of amides is 1. The van der Waals surface area contributed by atoms with Crippen LogP contribution in [0.25, 0.3) is 0 Å². The third-order valence-corrected chi connectivity index (χ3v) is 5.92. The van der Waals surface area contributed by atoms with Gasteiger partial charge in [0.15, 0.2) is 0 Å². The molecule has 27 heavy (non-hydrogen) atoms. The van der Waals surface area contributed by atoms with Gasteiger partial charge in [0.2, 0.25) is 0 Å². The summed E-state index contributed by atoms with van der Waals surface area (Å²) in [5.41, 5.74) is 0.804. The van der Waals surface area contributed by atoms with Gasteiger partial charge in [-0.2, -0.15) is 0 Å². The van der Waals surface area contributed by atoms with Crippen LogP contribution in [-0.4, -0.2) is 72.1 Å². The van der Waals surface area contributed by atoms with Gasteiger partial charge in [-0.15, -0.1) is 0 Å². The van der Waals surface area contributed by atoms with E-state index in [0.29, 0.717) is 25.1 Å². The number of carbonyl (C=O) groups is 2. The second-order valence-corrected chi connectivity index (χ2v) is 7.41. The van der Waals surface area contributed by atoms with E-state index in [9.17, 15) is 19.1 Å². The van der Waals surface area contributed by atoms with Gasteiger partial charge < -0.3 is 19.8 Å². The molecule has 0 aliphatic carbocycles. The maximum atomic E-state index is 14.7. The highest BCUT2D eigenvalue weighted by atomic mass is 19.1. The van der Waals surface area contributed by atoms with Gasteiger partial charge in [-0.05, 0) is 44.5 Å². The molecule has 1 aromatic rings. The predicted molar refractivity (Wildman–Crippen MR) is 102 cm³/mol. The molecular weight excluding hydrogens is 349 g/mol. The molecule has 148 valence electrons. The minimum Gasteiger partial charge on any atom is -0.481 e. The number of carboxylic acid groups (broad SMARTS) is 1. The van der Waals surface area contributed by atoms with Gasteiger partial charge in [0.1, 0.15) is 5.82 Å². The van der Waals surface area contributed by atoms with E-state index in [2.05, 4.69) is 11.8 Å². The molecule has 0 aromatic heterocycles. The zero-order valence-corrected chi connectivity index (χ0v) is 16.0. The number of nitrogens with zero attached hydrogens (tertiary/aromatic N) is 3. The largest absolute Gasteiger partial charge is 0.481 e. The fraction of sp³-hybridized carbons (Fsp3) is 0.600. The maximum absolute atomic E-state index is 14.7. The number of likely N-dealkylation sites (tertiary alicyclic amines) is 1. The SMILES string of the molecule is CCN1CCN(c2ccc(C(=O)N3CCC[C@H](C(=O)O)[C@@H]3C)cc2F)CC1. The van der Waals surface area contributed by atoms with E-state index >= 15 is 0 Å².